The van der Waals surface area contributed by atoms with Crippen LogP contribution in [0.25, 0.3) is 0 Å². The number of hydrogen-bond acceptors (Lipinski definition) is 2. The zero-order valence-corrected chi connectivity index (χ0v) is 11.8. The number of ether oxygens (including phenoxy) is 1. The van der Waals surface area contributed by atoms with E-state index in [1.54, 1.807) is 0 Å². The fourth-order valence-corrected chi connectivity index (χ4v) is 2.75. The van der Waals surface area contributed by atoms with Gasteiger partial charge in [-0.3, -0.25) is 4.79 Å². The number of benzene rings is 1. The molecule has 1 N–H and O–H groups in total. The summed E-state index contributed by atoms with van der Waals surface area (Å²) in [5, 5.41) is 3.14. The summed E-state index contributed by atoms with van der Waals surface area (Å²) in [4.78, 5) is 12.1. The molecule has 0 bridgehead atoms. The first-order chi connectivity index (χ1) is 9.19. The molecule has 1 heterocycles. The summed E-state index contributed by atoms with van der Waals surface area (Å²) in [5.74, 6) is 0.0219. The van der Waals surface area contributed by atoms with Crippen LogP contribution in [0, 0.1) is 0 Å². The second-order valence-electron chi connectivity index (χ2n) is 5.27. The molecule has 1 aromatic rings. The summed E-state index contributed by atoms with van der Waals surface area (Å²) in [6.07, 6.45) is 3.82. The minimum absolute atomic E-state index is 0.0219. The van der Waals surface area contributed by atoms with Crippen molar-refractivity contribution in [3.05, 3.63) is 35.9 Å². The maximum absolute atomic E-state index is 12.1. The molecule has 1 aliphatic rings. The normalized spacial score (nSPS) is 21.9. The van der Waals surface area contributed by atoms with Crippen LogP contribution in [0.2, 0.25) is 0 Å². The summed E-state index contributed by atoms with van der Waals surface area (Å²) < 4.78 is 5.93. The van der Waals surface area contributed by atoms with Crippen molar-refractivity contribution in [1.29, 1.82) is 0 Å². The first-order valence-corrected chi connectivity index (χ1v) is 7.19. The van der Waals surface area contributed by atoms with Crippen molar-refractivity contribution in [3.63, 3.8) is 0 Å². The standard InChI is InChI=1S/C16H23NO2/c1-3-16(4-2)12-14(10-11-19-16)17-15(18)13-8-6-5-7-9-13/h5-9,14H,3-4,10-12H2,1-2H3,(H,17,18). The summed E-state index contributed by atoms with van der Waals surface area (Å²) in [6.45, 7) is 5.05. The fraction of sp³-hybridized carbons (Fsp3) is 0.562. The molecule has 1 unspecified atom stereocenters. The molecule has 19 heavy (non-hydrogen) atoms. The molecular weight excluding hydrogens is 238 g/mol. The van der Waals surface area contributed by atoms with Crippen LogP contribution in [0.4, 0.5) is 0 Å². The van der Waals surface area contributed by atoms with Crippen LogP contribution in [0.5, 0.6) is 0 Å². The van der Waals surface area contributed by atoms with Gasteiger partial charge in [0.1, 0.15) is 0 Å². The van der Waals surface area contributed by atoms with Gasteiger partial charge in [0.05, 0.1) is 5.60 Å². The highest BCUT2D eigenvalue weighted by Gasteiger charge is 2.35. The van der Waals surface area contributed by atoms with Gasteiger partial charge in [0.15, 0.2) is 0 Å². The molecule has 0 spiro atoms. The average Bonchev–Trinajstić information content (AvgIpc) is 2.48. The molecule has 2 rings (SSSR count). The maximum Gasteiger partial charge on any atom is 0.251 e. The van der Waals surface area contributed by atoms with Crippen LogP contribution in [-0.4, -0.2) is 24.2 Å². The van der Waals surface area contributed by atoms with Crippen molar-refractivity contribution in [2.45, 2.75) is 51.2 Å². The van der Waals surface area contributed by atoms with Gasteiger partial charge in [0.2, 0.25) is 0 Å². The first kappa shape index (κ1) is 14.1. The molecule has 0 radical (unpaired) electrons. The van der Waals surface area contributed by atoms with Crippen molar-refractivity contribution in [2.75, 3.05) is 6.61 Å². The van der Waals surface area contributed by atoms with E-state index in [1.807, 2.05) is 30.3 Å². The molecule has 1 aliphatic heterocycles. The lowest BCUT2D eigenvalue weighted by Crippen LogP contribution is -2.48. The second kappa shape index (κ2) is 6.20. The lowest BCUT2D eigenvalue weighted by atomic mass is 9.86. The van der Waals surface area contributed by atoms with Gasteiger partial charge < -0.3 is 10.1 Å². The molecule has 1 fully saturated rings. The minimum Gasteiger partial charge on any atom is -0.375 e. The molecule has 0 saturated carbocycles. The van der Waals surface area contributed by atoms with Crippen LogP contribution in [0.3, 0.4) is 0 Å². The summed E-state index contributed by atoms with van der Waals surface area (Å²) in [6, 6.07) is 9.62. The van der Waals surface area contributed by atoms with E-state index in [0.717, 1.165) is 37.9 Å². The van der Waals surface area contributed by atoms with Gasteiger partial charge in [0, 0.05) is 18.2 Å². The molecule has 1 saturated heterocycles. The van der Waals surface area contributed by atoms with Crippen molar-refractivity contribution in [1.82, 2.24) is 5.32 Å². The number of amides is 1. The number of hydrogen-bond donors (Lipinski definition) is 1. The number of carbonyl (C=O) groups excluding carboxylic acids is 1. The van der Waals surface area contributed by atoms with Gasteiger partial charge in [-0.1, -0.05) is 32.0 Å². The topological polar surface area (TPSA) is 38.3 Å². The quantitative estimate of drug-likeness (QED) is 0.904. The van der Waals surface area contributed by atoms with Gasteiger partial charge in [-0.15, -0.1) is 0 Å². The van der Waals surface area contributed by atoms with E-state index in [4.69, 9.17) is 4.74 Å². The Balaban J connectivity index is 1.98. The van der Waals surface area contributed by atoms with E-state index in [9.17, 15) is 4.79 Å². The van der Waals surface area contributed by atoms with Crippen molar-refractivity contribution >= 4 is 5.91 Å². The summed E-state index contributed by atoms with van der Waals surface area (Å²) in [5.41, 5.74) is 0.681. The van der Waals surface area contributed by atoms with Gasteiger partial charge in [-0.05, 0) is 37.8 Å². The van der Waals surface area contributed by atoms with Gasteiger partial charge in [-0.25, -0.2) is 0 Å². The molecule has 0 aliphatic carbocycles. The third-order valence-electron chi connectivity index (χ3n) is 4.15. The van der Waals surface area contributed by atoms with E-state index in [1.165, 1.54) is 0 Å². The molecular formula is C16H23NO2. The van der Waals surface area contributed by atoms with Crippen LogP contribution in [0.1, 0.15) is 49.9 Å². The van der Waals surface area contributed by atoms with E-state index < -0.39 is 0 Å². The van der Waals surface area contributed by atoms with Crippen LogP contribution >= 0.6 is 0 Å². The summed E-state index contributed by atoms with van der Waals surface area (Å²) >= 11 is 0. The Kier molecular flexibility index (Phi) is 4.59. The van der Waals surface area contributed by atoms with Gasteiger partial charge >= 0.3 is 0 Å². The second-order valence-corrected chi connectivity index (χ2v) is 5.27. The Morgan fingerprint density at radius 2 is 2.00 bits per heavy atom. The lowest BCUT2D eigenvalue weighted by molar-refractivity contribution is -0.0917. The molecule has 0 aromatic heterocycles. The van der Waals surface area contributed by atoms with E-state index in [2.05, 4.69) is 19.2 Å². The largest absolute Gasteiger partial charge is 0.375 e. The van der Waals surface area contributed by atoms with Gasteiger partial charge in [-0.2, -0.15) is 0 Å². The van der Waals surface area contributed by atoms with Crippen LogP contribution in [-0.2, 0) is 4.74 Å². The van der Waals surface area contributed by atoms with E-state index in [-0.39, 0.29) is 17.6 Å². The molecule has 3 nitrogen and oxygen atoms in total. The molecule has 1 atom stereocenters. The average molecular weight is 261 g/mol. The number of nitrogens with one attached hydrogen (secondary N) is 1. The minimum atomic E-state index is -0.0487. The van der Waals surface area contributed by atoms with Crippen molar-refractivity contribution < 1.29 is 9.53 Å². The number of carbonyl (C=O) groups is 1. The zero-order chi connectivity index (χ0) is 13.7. The van der Waals surface area contributed by atoms with Crippen molar-refractivity contribution in [3.8, 4) is 0 Å². The highest BCUT2D eigenvalue weighted by atomic mass is 16.5. The van der Waals surface area contributed by atoms with E-state index in [0.29, 0.717) is 0 Å². The molecule has 3 heteroatoms. The Labute approximate surface area is 115 Å². The Morgan fingerprint density at radius 1 is 1.32 bits per heavy atom. The predicted octanol–water partition coefficient (Wildman–Crippen LogP) is 3.15. The highest BCUT2D eigenvalue weighted by molar-refractivity contribution is 5.94. The Hall–Kier alpha value is -1.35. The SMILES string of the molecule is CCC1(CC)CC(NC(=O)c2ccccc2)CCO1. The lowest BCUT2D eigenvalue weighted by Gasteiger charge is -2.40. The van der Waals surface area contributed by atoms with Gasteiger partial charge in [0.25, 0.3) is 5.91 Å². The molecule has 104 valence electrons. The number of rotatable bonds is 4. The smallest absolute Gasteiger partial charge is 0.251 e. The first-order valence-electron chi connectivity index (χ1n) is 7.19. The van der Waals surface area contributed by atoms with Crippen LogP contribution in [0.15, 0.2) is 30.3 Å². The van der Waals surface area contributed by atoms with Crippen molar-refractivity contribution in [2.24, 2.45) is 0 Å². The maximum atomic E-state index is 12.1. The van der Waals surface area contributed by atoms with E-state index >= 15 is 0 Å². The Bertz CT molecular complexity index is 412. The van der Waals surface area contributed by atoms with Crippen LogP contribution < -0.4 is 5.32 Å². The zero-order valence-electron chi connectivity index (χ0n) is 11.8. The Morgan fingerprint density at radius 3 is 2.63 bits per heavy atom. The third kappa shape index (κ3) is 3.35. The monoisotopic (exact) mass is 261 g/mol. The third-order valence-corrected chi connectivity index (χ3v) is 4.15. The molecule has 1 amide bonds. The summed E-state index contributed by atoms with van der Waals surface area (Å²) in [7, 11) is 0. The predicted molar refractivity (Wildman–Crippen MR) is 76.2 cm³/mol. The molecule has 1 aromatic carbocycles. The highest BCUT2D eigenvalue weighted by Crippen LogP contribution is 2.31. The fourth-order valence-electron chi connectivity index (χ4n) is 2.75.